The van der Waals surface area contributed by atoms with Crippen molar-refractivity contribution in [1.29, 1.82) is 0 Å². The summed E-state index contributed by atoms with van der Waals surface area (Å²) < 4.78 is 35.0. The maximum atomic E-state index is 13.2. The fraction of sp³-hybridized carbons (Fsp3) is 0.370. The zero-order valence-corrected chi connectivity index (χ0v) is 22.4. The Morgan fingerprint density at radius 1 is 1.08 bits per heavy atom. The van der Waals surface area contributed by atoms with Gasteiger partial charge < -0.3 is 15.2 Å². The van der Waals surface area contributed by atoms with E-state index in [0.29, 0.717) is 24.1 Å². The van der Waals surface area contributed by atoms with Gasteiger partial charge in [-0.1, -0.05) is 24.3 Å². The third kappa shape index (κ3) is 6.08. The van der Waals surface area contributed by atoms with Gasteiger partial charge in [0.15, 0.2) is 0 Å². The summed E-state index contributed by atoms with van der Waals surface area (Å²) in [5.74, 6) is -0.361. The van der Waals surface area contributed by atoms with Gasteiger partial charge in [0.25, 0.3) is 15.9 Å². The molecule has 3 aromatic rings. The Morgan fingerprint density at radius 2 is 1.76 bits per heavy atom. The molecule has 37 heavy (non-hydrogen) atoms. The molecule has 9 nitrogen and oxygen atoms in total. The number of anilines is 1. The van der Waals surface area contributed by atoms with Gasteiger partial charge in [-0.05, 0) is 76.8 Å². The summed E-state index contributed by atoms with van der Waals surface area (Å²) in [5, 5.41) is 13.2. The molecule has 2 aromatic carbocycles. The number of nitrogens with zero attached hydrogens (tertiary/aromatic N) is 2. The SMILES string of the molecule is Cc1cccc(C)c1-c1nc2nc(c1C)OC[C@@H](CCC(C)(C)O)NC(=O)c1cccc(c1)S(=O)(=O)N2. The maximum absolute atomic E-state index is 13.2. The summed E-state index contributed by atoms with van der Waals surface area (Å²) in [4.78, 5) is 21.9. The predicted molar refractivity (Wildman–Crippen MR) is 141 cm³/mol. The maximum Gasteiger partial charge on any atom is 0.264 e. The van der Waals surface area contributed by atoms with Crippen molar-refractivity contribution < 1.29 is 23.1 Å². The van der Waals surface area contributed by atoms with Crippen molar-refractivity contribution in [3.8, 4) is 17.1 Å². The fourth-order valence-corrected chi connectivity index (χ4v) is 5.26. The van der Waals surface area contributed by atoms with Gasteiger partial charge in [-0.25, -0.2) is 18.1 Å². The van der Waals surface area contributed by atoms with Crippen LogP contribution in [-0.2, 0) is 10.0 Å². The highest BCUT2D eigenvalue weighted by Crippen LogP contribution is 2.33. The van der Waals surface area contributed by atoms with E-state index in [9.17, 15) is 18.3 Å². The molecule has 0 radical (unpaired) electrons. The van der Waals surface area contributed by atoms with Gasteiger partial charge in [0.05, 0.1) is 22.2 Å². The van der Waals surface area contributed by atoms with Crippen molar-refractivity contribution in [1.82, 2.24) is 15.3 Å². The molecule has 0 unspecified atom stereocenters. The van der Waals surface area contributed by atoms with Crippen molar-refractivity contribution in [3.05, 3.63) is 64.7 Å². The molecule has 10 heteroatoms. The Kier molecular flexibility index (Phi) is 7.25. The molecule has 0 fully saturated rings. The molecule has 1 aliphatic heterocycles. The highest BCUT2D eigenvalue weighted by atomic mass is 32.2. The van der Waals surface area contributed by atoms with Gasteiger partial charge in [-0.2, -0.15) is 4.98 Å². The predicted octanol–water partition coefficient (Wildman–Crippen LogP) is 3.91. The van der Waals surface area contributed by atoms with Gasteiger partial charge >= 0.3 is 0 Å². The molecular formula is C27H32N4O5S. The van der Waals surface area contributed by atoms with E-state index < -0.39 is 27.6 Å². The summed E-state index contributed by atoms with van der Waals surface area (Å²) in [6.45, 7) is 9.22. The van der Waals surface area contributed by atoms with E-state index in [1.54, 1.807) is 19.9 Å². The number of amides is 1. The summed E-state index contributed by atoms with van der Waals surface area (Å²) in [6, 6.07) is 11.2. The fourth-order valence-electron chi connectivity index (χ4n) is 4.27. The number of carbonyl (C=O) groups excluding carboxylic acids is 1. The minimum atomic E-state index is -4.10. The number of nitrogens with one attached hydrogen (secondary N) is 2. The van der Waals surface area contributed by atoms with Crippen LogP contribution in [0.5, 0.6) is 5.88 Å². The van der Waals surface area contributed by atoms with Crippen LogP contribution in [0, 0.1) is 20.8 Å². The first kappa shape index (κ1) is 26.6. The minimum absolute atomic E-state index is 0.0672. The van der Waals surface area contributed by atoms with Crippen molar-refractivity contribution in [2.75, 3.05) is 11.3 Å². The number of hydrogen-bond donors (Lipinski definition) is 3. The summed E-state index contributed by atoms with van der Waals surface area (Å²) in [6.07, 6.45) is 0.852. The third-order valence-corrected chi connectivity index (χ3v) is 7.64. The number of sulfonamides is 1. The normalized spacial score (nSPS) is 17.4. The Balaban J connectivity index is 1.86. The van der Waals surface area contributed by atoms with Crippen LogP contribution in [0.3, 0.4) is 0 Å². The van der Waals surface area contributed by atoms with E-state index >= 15 is 0 Å². The lowest BCUT2D eigenvalue weighted by molar-refractivity contribution is 0.0612. The van der Waals surface area contributed by atoms with Gasteiger partial charge in [0.2, 0.25) is 11.8 Å². The van der Waals surface area contributed by atoms with Crippen LogP contribution in [0.15, 0.2) is 47.4 Å². The number of fused-ring (bicyclic) bond motifs is 4. The molecular weight excluding hydrogens is 492 g/mol. The van der Waals surface area contributed by atoms with E-state index in [0.717, 1.165) is 16.7 Å². The third-order valence-electron chi connectivity index (χ3n) is 6.31. The van der Waals surface area contributed by atoms with E-state index in [1.807, 2.05) is 39.0 Å². The summed E-state index contributed by atoms with van der Waals surface area (Å²) in [7, 11) is -4.10. The standard InChI is InChI=1S/C27H32N4O5S/c1-16-8-6-9-17(2)22(16)23-18(3)25-30-26(29-23)31-37(34,35)21-11-7-10-19(14-21)24(32)28-20(15-36-25)12-13-27(4,5)33/h6-11,14,20,33H,12-13,15H2,1-5H3,(H,28,32)(H,29,30,31)/t20-/m1/s1. The molecule has 4 bridgehead atoms. The van der Waals surface area contributed by atoms with Crippen LogP contribution >= 0.6 is 0 Å². The van der Waals surface area contributed by atoms with Crippen molar-refractivity contribution >= 4 is 21.9 Å². The number of benzene rings is 2. The van der Waals surface area contributed by atoms with E-state index in [4.69, 9.17) is 4.74 Å². The molecule has 1 aliphatic rings. The van der Waals surface area contributed by atoms with Crippen LogP contribution in [-0.4, -0.2) is 47.6 Å². The molecule has 0 aliphatic carbocycles. The molecule has 4 rings (SSSR count). The summed E-state index contributed by atoms with van der Waals surface area (Å²) >= 11 is 0. The second-order valence-corrected chi connectivity index (χ2v) is 11.7. The second-order valence-electron chi connectivity index (χ2n) is 10.1. The molecule has 1 amide bonds. The lowest BCUT2D eigenvalue weighted by atomic mass is 9.97. The minimum Gasteiger partial charge on any atom is -0.475 e. The number of rotatable bonds is 4. The number of carbonyl (C=O) groups is 1. The van der Waals surface area contributed by atoms with E-state index in [-0.39, 0.29) is 28.9 Å². The van der Waals surface area contributed by atoms with E-state index in [2.05, 4.69) is 20.0 Å². The highest BCUT2D eigenvalue weighted by molar-refractivity contribution is 7.92. The average molecular weight is 525 g/mol. The molecule has 1 atom stereocenters. The number of aromatic nitrogens is 2. The van der Waals surface area contributed by atoms with Gasteiger partial charge in [-0.15, -0.1) is 0 Å². The van der Waals surface area contributed by atoms with Crippen LogP contribution in [0.1, 0.15) is 53.7 Å². The number of hydrogen-bond acceptors (Lipinski definition) is 7. The first-order valence-corrected chi connectivity index (χ1v) is 13.6. The molecule has 0 spiro atoms. The molecule has 3 N–H and O–H groups in total. The Bertz CT molecular complexity index is 1430. The van der Waals surface area contributed by atoms with Crippen molar-refractivity contribution in [2.45, 2.75) is 64.0 Å². The van der Waals surface area contributed by atoms with Crippen LogP contribution in [0.25, 0.3) is 11.3 Å². The largest absolute Gasteiger partial charge is 0.475 e. The summed E-state index contributed by atoms with van der Waals surface area (Å²) in [5.41, 5.74) is 3.27. The Labute approximate surface area is 217 Å². The van der Waals surface area contributed by atoms with Gasteiger partial charge in [0, 0.05) is 16.7 Å². The van der Waals surface area contributed by atoms with Crippen molar-refractivity contribution in [2.24, 2.45) is 0 Å². The lowest BCUT2D eigenvalue weighted by Gasteiger charge is -2.24. The second kappa shape index (κ2) is 10.1. The van der Waals surface area contributed by atoms with Crippen LogP contribution in [0.4, 0.5) is 5.95 Å². The zero-order valence-electron chi connectivity index (χ0n) is 21.6. The molecule has 1 aromatic heterocycles. The zero-order chi connectivity index (χ0) is 27.0. The Hall–Kier alpha value is -3.50. The smallest absolute Gasteiger partial charge is 0.264 e. The van der Waals surface area contributed by atoms with E-state index in [1.165, 1.54) is 18.2 Å². The van der Waals surface area contributed by atoms with Crippen molar-refractivity contribution in [3.63, 3.8) is 0 Å². The first-order valence-electron chi connectivity index (χ1n) is 12.1. The number of aryl methyl sites for hydroxylation is 2. The van der Waals surface area contributed by atoms with Crippen LogP contribution < -0.4 is 14.8 Å². The molecule has 196 valence electrons. The molecule has 2 heterocycles. The number of aliphatic hydroxyl groups is 1. The average Bonchev–Trinajstić information content (AvgIpc) is 2.82. The topological polar surface area (TPSA) is 131 Å². The lowest BCUT2D eigenvalue weighted by Crippen LogP contribution is -2.40. The molecule has 0 saturated carbocycles. The first-order chi connectivity index (χ1) is 17.3. The monoisotopic (exact) mass is 524 g/mol. The van der Waals surface area contributed by atoms with Gasteiger partial charge in [0.1, 0.15) is 6.61 Å². The van der Waals surface area contributed by atoms with Gasteiger partial charge in [-0.3, -0.25) is 4.79 Å². The van der Waals surface area contributed by atoms with Crippen LogP contribution in [0.2, 0.25) is 0 Å². The molecule has 0 saturated heterocycles. The number of ether oxygens (including phenoxy) is 1. The quantitative estimate of drug-likeness (QED) is 0.472. The highest BCUT2D eigenvalue weighted by Gasteiger charge is 2.25. The Morgan fingerprint density at radius 3 is 2.43 bits per heavy atom.